The van der Waals surface area contributed by atoms with Crippen LogP contribution in [0.1, 0.15) is 79.1 Å². The maximum Gasteiger partial charge on any atom is 0.311 e. The van der Waals surface area contributed by atoms with Crippen molar-refractivity contribution in [3.63, 3.8) is 0 Å². The fourth-order valence-electron chi connectivity index (χ4n) is 7.97. The van der Waals surface area contributed by atoms with E-state index in [-0.39, 0.29) is 48.0 Å². The zero-order valence-electron chi connectivity index (χ0n) is 39.1. The van der Waals surface area contributed by atoms with Gasteiger partial charge in [0.1, 0.15) is 18.1 Å². The summed E-state index contributed by atoms with van der Waals surface area (Å²) in [5.74, 6) is -6.83. The molecule has 0 aliphatic carbocycles. The molecule has 3 aliphatic heterocycles. The van der Waals surface area contributed by atoms with E-state index < -0.39 is 147 Å². The molecule has 392 valence electrons. The Balaban J connectivity index is 0.0000150. The molecule has 2 saturated heterocycles. The molecule has 0 unspecified atom stereocenters. The Kier molecular flexibility index (Phi) is 30.0. The number of aliphatic hydroxyl groups excluding tert-OH is 9. The third kappa shape index (κ3) is 21.2. The first-order chi connectivity index (χ1) is 30.6. The maximum absolute atomic E-state index is 12.6. The van der Waals surface area contributed by atoms with E-state index >= 15 is 0 Å². The van der Waals surface area contributed by atoms with Crippen LogP contribution >= 0.6 is 0 Å². The van der Waals surface area contributed by atoms with Crippen LogP contribution in [0.3, 0.4) is 0 Å². The molecule has 0 aromatic carbocycles. The Morgan fingerprint density at radius 2 is 1.19 bits per heavy atom. The van der Waals surface area contributed by atoms with Crippen LogP contribution in [-0.2, 0) is 28.5 Å². The van der Waals surface area contributed by atoms with E-state index in [4.69, 9.17) is 24.7 Å². The second-order valence-corrected chi connectivity index (χ2v) is 17.6. The van der Waals surface area contributed by atoms with Gasteiger partial charge in [0, 0.05) is 37.5 Å². The Labute approximate surface area is 397 Å². The molecule has 0 aromatic rings. The number of ether oxygens (including phenoxy) is 4. The number of carboxylic acid groups (broad SMARTS) is 1. The fraction of sp³-hybridized carbons (Fsp3) is 0.660. The van der Waals surface area contributed by atoms with E-state index in [2.05, 4.69) is 0 Å². The van der Waals surface area contributed by atoms with Crippen LogP contribution < -0.4 is 5.73 Å². The summed E-state index contributed by atoms with van der Waals surface area (Å²) in [5.41, 5.74) is 6.02. The summed E-state index contributed by atoms with van der Waals surface area (Å²) in [6, 6.07) is -1.15. The number of rotatable bonds is 3. The SMILES string of the molecule is C[C@@H]1[C@H](O)[C@@H](C)/C=C/C=C/C=C/C=C/C=C/C=C/C=C/[C@H](O[C@@H]2O[C@H](C)[C@@H](O)[C@H](N)[C@@H]2O)C[C@@H]2O[C@](O)(C[C@@H](O)C[C@@H](O)[C@H](O)CC[C@@H](O)C[C@@H](O)CC(=O)O[C@H]1C)C[C@H](O)[C@H]2C(=O)O.O.O.O. The predicted octanol–water partition coefficient (Wildman–Crippen LogP) is -1.76. The van der Waals surface area contributed by atoms with Crippen LogP contribution in [0.4, 0.5) is 0 Å². The first-order valence-corrected chi connectivity index (χ1v) is 22.3. The number of fused-ring (bicyclic) bond motifs is 2. The molecule has 19 N–H and O–H groups in total. The van der Waals surface area contributed by atoms with E-state index in [9.17, 15) is 65.8 Å². The van der Waals surface area contributed by atoms with E-state index in [0.717, 1.165) is 0 Å². The Morgan fingerprint density at radius 3 is 1.75 bits per heavy atom. The van der Waals surface area contributed by atoms with Crippen molar-refractivity contribution >= 4 is 11.9 Å². The number of nitrogens with two attached hydrogens (primary N) is 1. The minimum absolute atomic E-state index is 0. The average Bonchev–Trinajstić information content (AvgIpc) is 3.21. The van der Waals surface area contributed by atoms with Crippen LogP contribution in [0.15, 0.2) is 85.1 Å². The Bertz CT molecular complexity index is 1670. The summed E-state index contributed by atoms with van der Waals surface area (Å²) in [5, 5.41) is 118. The number of hydrogen-bond acceptors (Lipinski definition) is 17. The normalized spacial score (nSPS) is 43.5. The number of carboxylic acids is 1. The number of esters is 1. The van der Waals surface area contributed by atoms with Crippen molar-refractivity contribution < 1.29 is 101 Å². The van der Waals surface area contributed by atoms with Gasteiger partial charge in [-0.3, -0.25) is 9.59 Å². The smallest absolute Gasteiger partial charge is 0.311 e. The summed E-state index contributed by atoms with van der Waals surface area (Å²) in [6.45, 7) is 6.74. The molecular weight excluding hydrogens is 899 g/mol. The van der Waals surface area contributed by atoms with Crippen molar-refractivity contribution in [1.29, 1.82) is 0 Å². The summed E-state index contributed by atoms with van der Waals surface area (Å²) in [7, 11) is 0. The molecule has 2 bridgehead atoms. The van der Waals surface area contributed by atoms with Gasteiger partial charge in [0.25, 0.3) is 0 Å². The molecule has 0 radical (unpaired) electrons. The summed E-state index contributed by atoms with van der Waals surface area (Å²) in [4.78, 5) is 25.1. The monoisotopic (exact) mass is 978 g/mol. The molecule has 19 atom stereocenters. The van der Waals surface area contributed by atoms with E-state index in [1.165, 1.54) is 13.0 Å². The van der Waals surface area contributed by atoms with Crippen molar-refractivity contribution in [3.05, 3.63) is 85.1 Å². The Hall–Kier alpha value is -3.56. The van der Waals surface area contributed by atoms with Crippen molar-refractivity contribution in [2.75, 3.05) is 0 Å². The molecule has 0 saturated carbocycles. The van der Waals surface area contributed by atoms with Gasteiger partial charge in [0.05, 0.1) is 79.6 Å². The van der Waals surface area contributed by atoms with E-state index in [0.29, 0.717) is 0 Å². The van der Waals surface area contributed by atoms with Crippen molar-refractivity contribution in [2.24, 2.45) is 23.5 Å². The first kappa shape index (κ1) is 64.4. The van der Waals surface area contributed by atoms with Gasteiger partial charge in [-0.05, 0) is 33.1 Å². The molecule has 0 amide bonds. The van der Waals surface area contributed by atoms with Crippen LogP contribution in [0, 0.1) is 17.8 Å². The first-order valence-electron chi connectivity index (χ1n) is 22.3. The number of carbonyl (C=O) groups is 2. The third-order valence-corrected chi connectivity index (χ3v) is 12.0. The zero-order chi connectivity index (χ0) is 48.4. The van der Waals surface area contributed by atoms with Gasteiger partial charge in [-0.2, -0.15) is 0 Å². The summed E-state index contributed by atoms with van der Waals surface area (Å²) in [6.07, 6.45) is 3.46. The predicted molar refractivity (Wildman–Crippen MR) is 248 cm³/mol. The fourth-order valence-corrected chi connectivity index (χ4v) is 7.97. The average molecular weight is 978 g/mol. The lowest BCUT2D eigenvalue weighted by atomic mass is 9.82. The van der Waals surface area contributed by atoms with E-state index in [1.807, 2.05) is 19.1 Å². The van der Waals surface area contributed by atoms with Gasteiger partial charge >= 0.3 is 11.9 Å². The molecule has 3 aliphatic rings. The van der Waals surface area contributed by atoms with Crippen LogP contribution in [-0.4, -0.2) is 182 Å². The highest BCUT2D eigenvalue weighted by Gasteiger charge is 2.51. The van der Waals surface area contributed by atoms with Gasteiger partial charge in [-0.25, -0.2) is 0 Å². The third-order valence-electron chi connectivity index (χ3n) is 12.0. The zero-order valence-corrected chi connectivity index (χ0v) is 39.1. The summed E-state index contributed by atoms with van der Waals surface area (Å²) >= 11 is 0. The van der Waals surface area contributed by atoms with Crippen LogP contribution in [0.5, 0.6) is 0 Å². The Morgan fingerprint density at radius 1 is 0.647 bits per heavy atom. The second-order valence-electron chi connectivity index (χ2n) is 17.6. The van der Waals surface area contributed by atoms with Crippen LogP contribution in [0.2, 0.25) is 0 Å². The van der Waals surface area contributed by atoms with Gasteiger partial charge < -0.3 is 97.3 Å². The molecule has 21 nitrogen and oxygen atoms in total. The van der Waals surface area contributed by atoms with Crippen molar-refractivity contribution in [1.82, 2.24) is 0 Å². The van der Waals surface area contributed by atoms with Gasteiger partial charge in [-0.1, -0.05) is 98.9 Å². The number of aliphatic hydroxyl groups is 10. The molecule has 3 heterocycles. The lowest BCUT2D eigenvalue weighted by Crippen LogP contribution is -2.61. The molecule has 21 heteroatoms. The highest BCUT2D eigenvalue weighted by molar-refractivity contribution is 5.71. The lowest BCUT2D eigenvalue weighted by Gasteiger charge is -2.45. The molecule has 0 aromatic heterocycles. The number of carbonyl (C=O) groups excluding carboxylic acids is 1. The van der Waals surface area contributed by atoms with E-state index in [1.54, 1.807) is 80.7 Å². The molecule has 3 rings (SSSR count). The van der Waals surface area contributed by atoms with Gasteiger partial charge in [-0.15, -0.1) is 0 Å². The van der Waals surface area contributed by atoms with Crippen molar-refractivity contribution in [2.45, 2.75) is 177 Å². The number of hydrogen-bond donors (Lipinski definition) is 12. The highest BCUT2D eigenvalue weighted by atomic mass is 16.7. The quantitative estimate of drug-likeness (QED) is 0.139. The number of aliphatic carboxylic acids is 1. The minimum atomic E-state index is -2.33. The van der Waals surface area contributed by atoms with Gasteiger partial charge in [0.15, 0.2) is 12.1 Å². The topological polar surface area (TPSA) is 414 Å². The number of allylic oxidation sites excluding steroid dienone is 12. The lowest BCUT2D eigenvalue weighted by molar-refractivity contribution is -0.308. The highest BCUT2D eigenvalue weighted by Crippen LogP contribution is 2.38. The van der Waals surface area contributed by atoms with Crippen LogP contribution in [0.25, 0.3) is 0 Å². The van der Waals surface area contributed by atoms with Gasteiger partial charge in [0.2, 0.25) is 0 Å². The standard InChI is InChI=1S/C47H73NO17.3H2O/c1-27-17-15-13-11-9-7-5-6-8-10-12-14-16-18-34(64-46-44(58)41(48)43(57)30(4)63-46)24-38-40(45(59)60)37(54)26-47(61,65-38)25-33(51)22-36(53)35(52)20-19-31(49)21-32(50)23-39(55)62-29(3)28(2)42(27)56;;;/h5-18,27-38,40-44,46,49-54,56-58,61H,19-26,48H2,1-4H3,(H,59,60);3*1H2/b6-5+,9-7+,10-8+,13-11+,14-12+,17-15+,18-16+;;;/t27-,28-,29-,30+,31+,32+,33-,34-,35+,36+,37-,38-,40+,41-,42+,43+,44-,46-,47+;;;/m0.../s1. The second kappa shape index (κ2) is 31.6. The number of cyclic esters (lactones) is 1. The van der Waals surface area contributed by atoms with Crippen molar-refractivity contribution in [3.8, 4) is 0 Å². The summed E-state index contributed by atoms with van der Waals surface area (Å²) < 4.78 is 23.1. The molecule has 0 spiro atoms. The minimum Gasteiger partial charge on any atom is -0.481 e. The molecule has 2 fully saturated rings. The maximum atomic E-state index is 12.6. The molecular formula is C47H79NO20. The molecule has 68 heavy (non-hydrogen) atoms. The largest absolute Gasteiger partial charge is 0.481 e.